The van der Waals surface area contributed by atoms with Crippen LogP contribution in [0.25, 0.3) is 0 Å². The van der Waals surface area contributed by atoms with Gasteiger partial charge in [0.05, 0.1) is 20.3 Å². The van der Waals surface area contributed by atoms with Gasteiger partial charge in [0.15, 0.2) is 17.5 Å². The van der Waals surface area contributed by atoms with Crippen molar-refractivity contribution in [1.82, 2.24) is 10.6 Å². The van der Waals surface area contributed by atoms with Crippen LogP contribution in [0.2, 0.25) is 0 Å². The Kier molecular flexibility index (Phi) is 11.3. The minimum atomic E-state index is 0. The van der Waals surface area contributed by atoms with Gasteiger partial charge >= 0.3 is 0 Å². The molecule has 0 saturated carbocycles. The predicted octanol–water partition coefficient (Wildman–Crippen LogP) is 2.95. The molecule has 2 N–H and O–H groups in total. The number of methoxy groups -OCH3 is 1. The zero-order valence-electron chi connectivity index (χ0n) is 13.5. The smallest absolute Gasteiger partial charge is 0.191 e. The standard InChI is InChI=1S/C16H25N3O2.HI/c1-5-10-18-16(17-6-2)19-12-13-8-9-14(20-4)15(11-13)21-7-3;/h5,8-9,11H,1,6-7,10,12H2,2-4H3,(H2,17,18,19);1H. The molecule has 5 nitrogen and oxygen atoms in total. The highest BCUT2D eigenvalue weighted by Crippen LogP contribution is 2.28. The van der Waals surface area contributed by atoms with E-state index >= 15 is 0 Å². The number of ether oxygens (including phenoxy) is 2. The lowest BCUT2D eigenvalue weighted by atomic mass is 10.2. The molecule has 0 heterocycles. The molecule has 22 heavy (non-hydrogen) atoms. The van der Waals surface area contributed by atoms with Crippen LogP contribution in [0.1, 0.15) is 19.4 Å². The third-order valence-corrected chi connectivity index (χ3v) is 2.71. The average Bonchev–Trinajstić information content (AvgIpc) is 2.50. The molecule has 0 fully saturated rings. The van der Waals surface area contributed by atoms with Crippen molar-refractivity contribution in [3.8, 4) is 11.5 Å². The highest BCUT2D eigenvalue weighted by Gasteiger charge is 2.05. The summed E-state index contributed by atoms with van der Waals surface area (Å²) in [6.45, 7) is 10.3. The zero-order valence-corrected chi connectivity index (χ0v) is 15.8. The van der Waals surface area contributed by atoms with Gasteiger partial charge in [0.2, 0.25) is 0 Å². The number of nitrogens with one attached hydrogen (secondary N) is 2. The lowest BCUT2D eigenvalue weighted by molar-refractivity contribution is 0.310. The molecular formula is C16H26IN3O2. The average molecular weight is 419 g/mol. The Labute approximate surface area is 150 Å². The quantitative estimate of drug-likeness (QED) is 0.295. The second kappa shape index (κ2) is 12.1. The summed E-state index contributed by atoms with van der Waals surface area (Å²) >= 11 is 0. The number of guanidine groups is 1. The molecule has 0 atom stereocenters. The van der Waals surface area contributed by atoms with E-state index < -0.39 is 0 Å². The lowest BCUT2D eigenvalue weighted by Crippen LogP contribution is -2.37. The monoisotopic (exact) mass is 419 g/mol. The lowest BCUT2D eigenvalue weighted by Gasteiger charge is -2.12. The van der Waals surface area contributed by atoms with Gasteiger partial charge in [-0.15, -0.1) is 30.6 Å². The summed E-state index contributed by atoms with van der Waals surface area (Å²) in [5.74, 6) is 2.25. The van der Waals surface area contributed by atoms with Crippen LogP contribution in [-0.2, 0) is 6.54 Å². The second-order valence-electron chi connectivity index (χ2n) is 4.28. The summed E-state index contributed by atoms with van der Waals surface area (Å²) in [7, 11) is 1.64. The molecule has 0 spiro atoms. The molecule has 0 aliphatic heterocycles. The first-order valence-electron chi connectivity index (χ1n) is 7.17. The largest absolute Gasteiger partial charge is 0.493 e. The molecule has 0 aromatic heterocycles. The Morgan fingerprint density at radius 2 is 2.05 bits per heavy atom. The summed E-state index contributed by atoms with van der Waals surface area (Å²) in [5.41, 5.74) is 1.06. The van der Waals surface area contributed by atoms with Crippen LogP contribution in [0.3, 0.4) is 0 Å². The van der Waals surface area contributed by atoms with Crippen molar-refractivity contribution in [3.63, 3.8) is 0 Å². The maximum Gasteiger partial charge on any atom is 0.191 e. The minimum absolute atomic E-state index is 0. The van der Waals surface area contributed by atoms with Crippen LogP contribution in [0.4, 0.5) is 0 Å². The van der Waals surface area contributed by atoms with Crippen LogP contribution in [0, 0.1) is 0 Å². The van der Waals surface area contributed by atoms with Crippen LogP contribution >= 0.6 is 24.0 Å². The maximum atomic E-state index is 5.57. The van der Waals surface area contributed by atoms with Gasteiger partial charge in [-0.05, 0) is 31.5 Å². The molecule has 0 radical (unpaired) electrons. The normalized spacial score (nSPS) is 10.4. The van der Waals surface area contributed by atoms with Gasteiger partial charge in [0, 0.05) is 13.1 Å². The van der Waals surface area contributed by atoms with Gasteiger partial charge in [-0.2, -0.15) is 0 Å². The Hall–Kier alpha value is -1.44. The molecule has 0 saturated heterocycles. The summed E-state index contributed by atoms with van der Waals surface area (Å²) in [4.78, 5) is 4.53. The van der Waals surface area contributed by atoms with Crippen molar-refractivity contribution in [2.45, 2.75) is 20.4 Å². The van der Waals surface area contributed by atoms with E-state index in [4.69, 9.17) is 9.47 Å². The topological polar surface area (TPSA) is 54.9 Å². The van der Waals surface area contributed by atoms with Crippen molar-refractivity contribution < 1.29 is 9.47 Å². The third kappa shape index (κ3) is 7.02. The number of hydrogen-bond donors (Lipinski definition) is 2. The first-order chi connectivity index (χ1) is 10.2. The number of nitrogens with zero attached hydrogens (tertiary/aromatic N) is 1. The third-order valence-electron chi connectivity index (χ3n) is 2.71. The molecule has 124 valence electrons. The Morgan fingerprint density at radius 3 is 2.64 bits per heavy atom. The van der Waals surface area contributed by atoms with Crippen LogP contribution in [0.5, 0.6) is 11.5 Å². The molecule has 1 aromatic rings. The molecule has 1 aromatic carbocycles. The fourth-order valence-corrected chi connectivity index (χ4v) is 1.77. The summed E-state index contributed by atoms with van der Waals surface area (Å²) in [6.07, 6.45) is 1.80. The van der Waals surface area contributed by atoms with Gasteiger partial charge in [-0.3, -0.25) is 0 Å². The van der Waals surface area contributed by atoms with Crippen LogP contribution in [-0.4, -0.2) is 32.8 Å². The van der Waals surface area contributed by atoms with E-state index in [9.17, 15) is 0 Å². The van der Waals surface area contributed by atoms with Gasteiger partial charge in [0.25, 0.3) is 0 Å². The Bertz CT molecular complexity index is 478. The molecule has 6 heteroatoms. The number of aliphatic imine (C=N–C) groups is 1. The van der Waals surface area contributed by atoms with Crippen molar-refractivity contribution in [2.24, 2.45) is 4.99 Å². The Morgan fingerprint density at radius 1 is 1.27 bits per heavy atom. The first kappa shape index (κ1) is 20.6. The summed E-state index contributed by atoms with van der Waals surface area (Å²) < 4.78 is 10.8. The fraction of sp³-hybridized carbons (Fsp3) is 0.438. The molecule has 0 aliphatic carbocycles. The van der Waals surface area contributed by atoms with E-state index in [1.54, 1.807) is 13.2 Å². The zero-order chi connectivity index (χ0) is 15.5. The van der Waals surface area contributed by atoms with Crippen molar-refractivity contribution >= 4 is 29.9 Å². The highest BCUT2D eigenvalue weighted by molar-refractivity contribution is 14.0. The minimum Gasteiger partial charge on any atom is -0.493 e. The fourth-order valence-electron chi connectivity index (χ4n) is 1.77. The second-order valence-corrected chi connectivity index (χ2v) is 4.28. The maximum absolute atomic E-state index is 5.57. The van der Waals surface area contributed by atoms with E-state index in [2.05, 4.69) is 22.2 Å². The van der Waals surface area contributed by atoms with Crippen molar-refractivity contribution in [1.29, 1.82) is 0 Å². The van der Waals surface area contributed by atoms with E-state index in [1.807, 2.05) is 32.0 Å². The van der Waals surface area contributed by atoms with Gasteiger partial charge < -0.3 is 20.1 Å². The molecule has 0 unspecified atom stereocenters. The van der Waals surface area contributed by atoms with Gasteiger partial charge in [-0.25, -0.2) is 4.99 Å². The summed E-state index contributed by atoms with van der Waals surface area (Å²) in [5, 5.41) is 6.35. The van der Waals surface area contributed by atoms with Crippen LogP contribution in [0.15, 0.2) is 35.8 Å². The van der Waals surface area contributed by atoms with E-state index in [1.165, 1.54) is 0 Å². The van der Waals surface area contributed by atoms with Crippen molar-refractivity contribution in [3.05, 3.63) is 36.4 Å². The molecular weight excluding hydrogens is 393 g/mol. The molecule has 1 rings (SSSR count). The number of rotatable bonds is 8. The van der Waals surface area contributed by atoms with Crippen molar-refractivity contribution in [2.75, 3.05) is 26.8 Å². The summed E-state index contributed by atoms with van der Waals surface area (Å²) in [6, 6.07) is 5.85. The number of hydrogen-bond acceptors (Lipinski definition) is 3. The highest BCUT2D eigenvalue weighted by atomic mass is 127. The van der Waals surface area contributed by atoms with Gasteiger partial charge in [-0.1, -0.05) is 12.1 Å². The van der Waals surface area contributed by atoms with Crippen LogP contribution < -0.4 is 20.1 Å². The molecule has 0 bridgehead atoms. The first-order valence-corrected chi connectivity index (χ1v) is 7.17. The SMILES string of the molecule is C=CCNC(=NCc1ccc(OC)c(OCC)c1)NCC.I. The molecule has 0 amide bonds. The number of benzene rings is 1. The predicted molar refractivity (Wildman–Crippen MR) is 103 cm³/mol. The van der Waals surface area contributed by atoms with E-state index in [0.29, 0.717) is 19.7 Å². The van der Waals surface area contributed by atoms with E-state index in [0.717, 1.165) is 29.6 Å². The molecule has 0 aliphatic rings. The van der Waals surface area contributed by atoms with Gasteiger partial charge in [0.1, 0.15) is 0 Å². The van der Waals surface area contributed by atoms with E-state index in [-0.39, 0.29) is 24.0 Å². The number of halogens is 1. The Balaban J connectivity index is 0.00000441.